The molecule has 4 heteroatoms. The van der Waals surface area contributed by atoms with E-state index < -0.39 is 0 Å². The standard InChI is InChI=1S/C16H28O4/c1-15(17)18-12-9-7-5-3-2-4-6-8-11-16-19-13-10-14-20-16/h3,5,16H,2,4,6-14H2,1H3/b5-3-. The van der Waals surface area contributed by atoms with E-state index in [1.807, 2.05) is 0 Å². The molecule has 0 amide bonds. The summed E-state index contributed by atoms with van der Waals surface area (Å²) in [4.78, 5) is 10.5. The summed E-state index contributed by atoms with van der Waals surface area (Å²) in [6, 6.07) is 0. The van der Waals surface area contributed by atoms with Gasteiger partial charge in [0.2, 0.25) is 0 Å². The van der Waals surface area contributed by atoms with Gasteiger partial charge in [0.05, 0.1) is 19.8 Å². The molecule has 20 heavy (non-hydrogen) atoms. The van der Waals surface area contributed by atoms with Crippen molar-refractivity contribution in [2.24, 2.45) is 0 Å². The number of ether oxygens (including phenoxy) is 3. The van der Waals surface area contributed by atoms with Gasteiger partial charge in [-0.05, 0) is 44.9 Å². The van der Waals surface area contributed by atoms with Crippen molar-refractivity contribution in [1.29, 1.82) is 0 Å². The van der Waals surface area contributed by atoms with Crippen LogP contribution in [0.3, 0.4) is 0 Å². The smallest absolute Gasteiger partial charge is 0.302 e. The first-order chi connectivity index (χ1) is 9.79. The van der Waals surface area contributed by atoms with Gasteiger partial charge >= 0.3 is 5.97 Å². The Morgan fingerprint density at radius 3 is 2.50 bits per heavy atom. The molecule has 0 spiro atoms. The molecular weight excluding hydrogens is 256 g/mol. The molecule has 1 heterocycles. The number of unbranched alkanes of at least 4 members (excludes halogenated alkanes) is 4. The van der Waals surface area contributed by atoms with Crippen molar-refractivity contribution in [2.75, 3.05) is 19.8 Å². The number of esters is 1. The van der Waals surface area contributed by atoms with Gasteiger partial charge in [-0.15, -0.1) is 0 Å². The second-order valence-electron chi connectivity index (χ2n) is 5.12. The Kier molecular flexibility index (Phi) is 10.2. The van der Waals surface area contributed by atoms with Crippen molar-refractivity contribution < 1.29 is 19.0 Å². The summed E-state index contributed by atoms with van der Waals surface area (Å²) >= 11 is 0. The normalized spacial score (nSPS) is 16.6. The molecular formula is C16H28O4. The summed E-state index contributed by atoms with van der Waals surface area (Å²) < 4.78 is 15.9. The summed E-state index contributed by atoms with van der Waals surface area (Å²) in [5.74, 6) is -0.195. The van der Waals surface area contributed by atoms with Gasteiger partial charge in [0.15, 0.2) is 6.29 Å². The summed E-state index contributed by atoms with van der Waals surface area (Å²) in [6.45, 7) is 3.67. The van der Waals surface area contributed by atoms with E-state index >= 15 is 0 Å². The molecule has 0 unspecified atom stereocenters. The van der Waals surface area contributed by atoms with Crippen molar-refractivity contribution >= 4 is 5.97 Å². The number of rotatable bonds is 10. The largest absolute Gasteiger partial charge is 0.466 e. The maximum atomic E-state index is 10.5. The minimum atomic E-state index is -0.195. The number of carbonyl (C=O) groups excluding carboxylic acids is 1. The van der Waals surface area contributed by atoms with Gasteiger partial charge in [0.25, 0.3) is 0 Å². The van der Waals surface area contributed by atoms with Gasteiger partial charge in [0, 0.05) is 6.92 Å². The van der Waals surface area contributed by atoms with Crippen molar-refractivity contribution in [1.82, 2.24) is 0 Å². The van der Waals surface area contributed by atoms with Crippen molar-refractivity contribution in [3.8, 4) is 0 Å². The van der Waals surface area contributed by atoms with Crippen LogP contribution in [0, 0.1) is 0 Å². The number of hydrogen-bond donors (Lipinski definition) is 0. The van der Waals surface area contributed by atoms with Crippen LogP contribution in [-0.2, 0) is 19.0 Å². The van der Waals surface area contributed by atoms with Crippen molar-refractivity contribution in [3.05, 3.63) is 12.2 Å². The lowest BCUT2D eigenvalue weighted by Crippen LogP contribution is -2.24. The third-order valence-electron chi connectivity index (χ3n) is 3.19. The summed E-state index contributed by atoms with van der Waals surface area (Å²) in [6.07, 6.45) is 13.1. The zero-order valence-corrected chi connectivity index (χ0v) is 12.6. The fraction of sp³-hybridized carbons (Fsp3) is 0.812. The molecule has 0 aromatic heterocycles. The van der Waals surface area contributed by atoms with Crippen LogP contribution in [-0.4, -0.2) is 32.1 Å². The lowest BCUT2D eigenvalue weighted by molar-refractivity contribution is -0.181. The molecule has 0 atom stereocenters. The Morgan fingerprint density at radius 1 is 1.10 bits per heavy atom. The van der Waals surface area contributed by atoms with E-state index in [2.05, 4.69) is 12.2 Å². The predicted molar refractivity (Wildman–Crippen MR) is 78.4 cm³/mol. The van der Waals surface area contributed by atoms with Gasteiger partial charge in [0.1, 0.15) is 0 Å². The molecule has 4 nitrogen and oxygen atoms in total. The highest BCUT2D eigenvalue weighted by Gasteiger charge is 2.12. The molecule has 0 aliphatic carbocycles. The van der Waals surface area contributed by atoms with Gasteiger partial charge in [-0.3, -0.25) is 4.79 Å². The first kappa shape index (κ1) is 17.2. The average Bonchev–Trinajstić information content (AvgIpc) is 2.45. The van der Waals surface area contributed by atoms with Gasteiger partial charge in [-0.2, -0.15) is 0 Å². The van der Waals surface area contributed by atoms with Gasteiger partial charge in [-0.25, -0.2) is 0 Å². The lowest BCUT2D eigenvalue weighted by Gasteiger charge is -2.22. The third-order valence-corrected chi connectivity index (χ3v) is 3.19. The number of hydrogen-bond acceptors (Lipinski definition) is 4. The molecule has 1 aliphatic heterocycles. The van der Waals surface area contributed by atoms with Crippen LogP contribution in [0.4, 0.5) is 0 Å². The molecule has 0 N–H and O–H groups in total. The first-order valence-corrected chi connectivity index (χ1v) is 7.80. The summed E-state index contributed by atoms with van der Waals surface area (Å²) in [5.41, 5.74) is 0. The van der Waals surface area contributed by atoms with Gasteiger partial charge in [-0.1, -0.05) is 18.6 Å². The lowest BCUT2D eigenvalue weighted by atomic mass is 10.1. The van der Waals surface area contributed by atoms with Crippen LogP contribution < -0.4 is 0 Å². The van der Waals surface area contributed by atoms with Crippen LogP contribution in [0.5, 0.6) is 0 Å². The van der Waals surface area contributed by atoms with E-state index in [0.29, 0.717) is 6.61 Å². The summed E-state index contributed by atoms with van der Waals surface area (Å²) in [5, 5.41) is 0. The first-order valence-electron chi connectivity index (χ1n) is 7.80. The molecule has 1 aliphatic rings. The van der Waals surface area contributed by atoms with Crippen LogP contribution in [0.25, 0.3) is 0 Å². The monoisotopic (exact) mass is 284 g/mol. The van der Waals surface area contributed by atoms with E-state index in [1.165, 1.54) is 26.2 Å². The van der Waals surface area contributed by atoms with E-state index in [1.54, 1.807) is 0 Å². The highest BCUT2D eigenvalue weighted by Crippen LogP contribution is 2.13. The Balaban J connectivity index is 1.80. The second kappa shape index (κ2) is 11.9. The fourth-order valence-corrected chi connectivity index (χ4v) is 2.11. The minimum absolute atomic E-state index is 0.0422. The Morgan fingerprint density at radius 2 is 1.80 bits per heavy atom. The number of carbonyl (C=O) groups is 1. The minimum Gasteiger partial charge on any atom is -0.466 e. The average molecular weight is 284 g/mol. The van der Waals surface area contributed by atoms with Crippen LogP contribution in [0.15, 0.2) is 12.2 Å². The van der Waals surface area contributed by atoms with E-state index in [4.69, 9.17) is 14.2 Å². The molecule has 0 aromatic rings. The van der Waals surface area contributed by atoms with Crippen LogP contribution in [0.1, 0.15) is 58.3 Å². The second-order valence-corrected chi connectivity index (χ2v) is 5.12. The Bertz CT molecular complexity index is 270. The zero-order valence-electron chi connectivity index (χ0n) is 12.6. The van der Waals surface area contributed by atoms with E-state index in [0.717, 1.165) is 45.3 Å². The molecule has 1 fully saturated rings. The molecule has 0 aromatic carbocycles. The topological polar surface area (TPSA) is 44.8 Å². The van der Waals surface area contributed by atoms with Crippen LogP contribution in [0.2, 0.25) is 0 Å². The van der Waals surface area contributed by atoms with Crippen molar-refractivity contribution in [2.45, 2.75) is 64.6 Å². The number of allylic oxidation sites excluding steroid dienone is 2. The van der Waals surface area contributed by atoms with E-state index in [9.17, 15) is 4.79 Å². The zero-order chi connectivity index (χ0) is 14.5. The molecule has 116 valence electrons. The fourth-order valence-electron chi connectivity index (χ4n) is 2.11. The molecule has 1 saturated heterocycles. The van der Waals surface area contributed by atoms with Crippen molar-refractivity contribution in [3.63, 3.8) is 0 Å². The molecule has 0 saturated carbocycles. The quantitative estimate of drug-likeness (QED) is 0.349. The predicted octanol–water partition coefficient (Wildman–Crippen LogP) is 3.60. The third kappa shape index (κ3) is 9.98. The molecule has 0 radical (unpaired) electrons. The van der Waals surface area contributed by atoms with Crippen LogP contribution >= 0.6 is 0 Å². The summed E-state index contributed by atoms with van der Waals surface area (Å²) in [7, 11) is 0. The molecule has 0 bridgehead atoms. The highest BCUT2D eigenvalue weighted by atomic mass is 16.7. The maximum Gasteiger partial charge on any atom is 0.302 e. The Labute approximate surface area is 122 Å². The van der Waals surface area contributed by atoms with Gasteiger partial charge < -0.3 is 14.2 Å². The molecule has 1 rings (SSSR count). The van der Waals surface area contributed by atoms with E-state index in [-0.39, 0.29) is 12.3 Å². The SMILES string of the molecule is CC(=O)OCCC/C=C\CCCCCC1OCCCO1. The maximum absolute atomic E-state index is 10.5. The highest BCUT2D eigenvalue weighted by molar-refractivity contribution is 5.65. The Hall–Kier alpha value is -0.870.